The smallest absolute Gasteiger partial charge is 0.0954 e. The largest absolute Gasteiger partial charge is 0.472 e. The summed E-state index contributed by atoms with van der Waals surface area (Å²) in [7, 11) is 0. The Balaban J connectivity index is 1.69. The highest BCUT2D eigenvalue weighted by Gasteiger charge is 2.31. The zero-order chi connectivity index (χ0) is 14.2. The predicted octanol–water partition coefficient (Wildman–Crippen LogP) is 2.18. The monoisotopic (exact) mass is 283 g/mol. The fourth-order valence-electron chi connectivity index (χ4n) is 3.06. The van der Waals surface area contributed by atoms with E-state index in [1.807, 2.05) is 13.0 Å². The summed E-state index contributed by atoms with van der Waals surface area (Å²) in [5, 5.41) is 7.36. The summed E-state index contributed by atoms with van der Waals surface area (Å²) in [6.07, 6.45) is 6.28. The molecule has 0 aliphatic carbocycles. The first-order chi connectivity index (χ1) is 10.3. The molecule has 0 unspecified atom stereocenters. The van der Waals surface area contributed by atoms with Gasteiger partial charge in [-0.3, -0.25) is 10.00 Å². The fourth-order valence-corrected chi connectivity index (χ4v) is 3.06. The summed E-state index contributed by atoms with van der Waals surface area (Å²) < 4.78 is 5.28. The number of nitrogens with one attached hydrogen (secondary N) is 2. The normalized spacial score (nSPS) is 18.8. The van der Waals surface area contributed by atoms with E-state index in [1.54, 1.807) is 18.9 Å². The number of H-pyrrole nitrogens is 2. The van der Waals surface area contributed by atoms with Gasteiger partial charge in [0.1, 0.15) is 0 Å². The molecule has 108 valence electrons. The van der Waals surface area contributed by atoms with Gasteiger partial charge in [-0.15, -0.1) is 0 Å². The van der Waals surface area contributed by atoms with Gasteiger partial charge in [-0.05, 0) is 19.1 Å². The van der Waals surface area contributed by atoms with Crippen LogP contribution in [0.3, 0.4) is 0 Å². The van der Waals surface area contributed by atoms with Crippen molar-refractivity contribution in [2.45, 2.75) is 25.9 Å². The van der Waals surface area contributed by atoms with Crippen molar-refractivity contribution in [3.8, 4) is 0 Å². The van der Waals surface area contributed by atoms with Crippen molar-refractivity contribution in [2.75, 3.05) is 6.54 Å². The maximum Gasteiger partial charge on any atom is 0.0954 e. The van der Waals surface area contributed by atoms with Crippen LogP contribution in [0.1, 0.15) is 34.4 Å². The third kappa shape index (κ3) is 2.17. The molecule has 4 heterocycles. The van der Waals surface area contributed by atoms with Crippen LogP contribution in [0.5, 0.6) is 0 Å². The molecule has 6 heteroatoms. The average Bonchev–Trinajstić information content (AvgIpc) is 3.20. The van der Waals surface area contributed by atoms with E-state index in [4.69, 9.17) is 4.42 Å². The molecule has 4 rings (SSSR count). The van der Waals surface area contributed by atoms with Crippen molar-refractivity contribution in [3.63, 3.8) is 0 Å². The summed E-state index contributed by atoms with van der Waals surface area (Å²) in [4.78, 5) is 10.2. The molecular formula is C15H17N5O. The van der Waals surface area contributed by atoms with E-state index >= 15 is 0 Å². The van der Waals surface area contributed by atoms with Crippen molar-refractivity contribution in [1.29, 1.82) is 0 Å². The number of fused-ring (bicyclic) bond motifs is 1. The van der Waals surface area contributed by atoms with Crippen LogP contribution in [0.15, 0.2) is 35.4 Å². The van der Waals surface area contributed by atoms with Crippen molar-refractivity contribution in [2.24, 2.45) is 0 Å². The Morgan fingerprint density at radius 1 is 1.48 bits per heavy atom. The molecule has 3 aromatic rings. The second kappa shape index (κ2) is 4.89. The van der Waals surface area contributed by atoms with E-state index in [-0.39, 0.29) is 6.04 Å². The number of furan rings is 1. The lowest BCUT2D eigenvalue weighted by Crippen LogP contribution is -2.35. The lowest BCUT2D eigenvalue weighted by atomic mass is 9.97. The minimum Gasteiger partial charge on any atom is -0.472 e. The number of hydrogen-bond acceptors (Lipinski definition) is 4. The molecule has 0 amide bonds. The summed E-state index contributed by atoms with van der Waals surface area (Å²) in [6.45, 7) is 3.79. The van der Waals surface area contributed by atoms with Gasteiger partial charge >= 0.3 is 0 Å². The van der Waals surface area contributed by atoms with E-state index < -0.39 is 0 Å². The molecule has 1 aliphatic heterocycles. The number of aromatic amines is 2. The molecule has 21 heavy (non-hydrogen) atoms. The molecular weight excluding hydrogens is 266 g/mol. The number of imidazole rings is 1. The number of hydrogen-bond donors (Lipinski definition) is 2. The number of rotatable bonds is 3. The van der Waals surface area contributed by atoms with Gasteiger partial charge in [0, 0.05) is 36.5 Å². The summed E-state index contributed by atoms with van der Waals surface area (Å²) in [5.41, 5.74) is 5.59. The van der Waals surface area contributed by atoms with E-state index in [2.05, 4.69) is 31.1 Å². The second-order valence-corrected chi connectivity index (χ2v) is 5.49. The lowest BCUT2D eigenvalue weighted by molar-refractivity contribution is 0.197. The van der Waals surface area contributed by atoms with Crippen LogP contribution in [-0.4, -0.2) is 31.6 Å². The van der Waals surface area contributed by atoms with E-state index in [1.165, 1.54) is 5.69 Å². The maximum atomic E-state index is 5.28. The molecule has 3 aromatic heterocycles. The quantitative estimate of drug-likeness (QED) is 0.772. The highest BCUT2D eigenvalue weighted by atomic mass is 16.3. The van der Waals surface area contributed by atoms with Gasteiger partial charge in [0.2, 0.25) is 0 Å². The van der Waals surface area contributed by atoms with E-state index in [9.17, 15) is 0 Å². The van der Waals surface area contributed by atoms with Gasteiger partial charge in [0.05, 0.1) is 36.3 Å². The Bertz CT molecular complexity index is 727. The molecule has 0 bridgehead atoms. The Morgan fingerprint density at radius 3 is 3.19 bits per heavy atom. The van der Waals surface area contributed by atoms with Gasteiger partial charge in [-0.25, -0.2) is 4.98 Å². The minimum atomic E-state index is 0.121. The van der Waals surface area contributed by atoms with Gasteiger partial charge in [0.25, 0.3) is 0 Å². The van der Waals surface area contributed by atoms with Gasteiger partial charge in [0.15, 0.2) is 0 Å². The molecule has 1 atom stereocenters. The average molecular weight is 283 g/mol. The zero-order valence-corrected chi connectivity index (χ0v) is 11.8. The van der Waals surface area contributed by atoms with E-state index in [0.29, 0.717) is 0 Å². The summed E-state index contributed by atoms with van der Waals surface area (Å²) in [6, 6.07) is 4.22. The highest BCUT2D eigenvalue weighted by Crippen LogP contribution is 2.34. The van der Waals surface area contributed by atoms with Crippen LogP contribution in [0, 0.1) is 6.92 Å². The first-order valence-electron chi connectivity index (χ1n) is 7.10. The molecule has 0 saturated carbocycles. The van der Waals surface area contributed by atoms with E-state index in [0.717, 1.165) is 42.2 Å². The third-order valence-electron chi connectivity index (χ3n) is 4.01. The Labute approximate surface area is 122 Å². The Morgan fingerprint density at radius 2 is 2.43 bits per heavy atom. The maximum absolute atomic E-state index is 5.28. The van der Waals surface area contributed by atoms with Crippen LogP contribution >= 0.6 is 0 Å². The van der Waals surface area contributed by atoms with Crippen molar-refractivity contribution >= 4 is 0 Å². The molecule has 1 aliphatic rings. The SMILES string of the molecule is Cc1cc(CN2CCc3[nH]cnc3[C@H]2c2ccoc2)n[nH]1. The van der Waals surface area contributed by atoms with Crippen molar-refractivity contribution < 1.29 is 4.42 Å². The summed E-state index contributed by atoms with van der Waals surface area (Å²) in [5.74, 6) is 0. The summed E-state index contributed by atoms with van der Waals surface area (Å²) >= 11 is 0. The number of nitrogens with zero attached hydrogens (tertiary/aromatic N) is 3. The number of aromatic nitrogens is 4. The topological polar surface area (TPSA) is 73.7 Å². The van der Waals surface area contributed by atoms with Crippen LogP contribution in [-0.2, 0) is 13.0 Å². The molecule has 2 N–H and O–H groups in total. The molecule has 0 saturated heterocycles. The molecule has 0 aromatic carbocycles. The Kier molecular flexibility index (Phi) is 2.89. The van der Waals surface area contributed by atoms with Crippen molar-refractivity contribution in [1.82, 2.24) is 25.1 Å². The van der Waals surface area contributed by atoms with Gasteiger partial charge < -0.3 is 9.40 Å². The third-order valence-corrected chi connectivity index (χ3v) is 4.01. The lowest BCUT2D eigenvalue weighted by Gasteiger charge is -2.33. The molecule has 0 radical (unpaired) electrons. The Hall–Kier alpha value is -2.34. The van der Waals surface area contributed by atoms with Crippen LogP contribution in [0.25, 0.3) is 0 Å². The second-order valence-electron chi connectivity index (χ2n) is 5.49. The molecule has 0 spiro atoms. The molecule has 0 fully saturated rings. The van der Waals surface area contributed by atoms with Crippen LogP contribution in [0.4, 0.5) is 0 Å². The first-order valence-corrected chi connectivity index (χ1v) is 7.10. The number of aryl methyl sites for hydroxylation is 1. The van der Waals surface area contributed by atoms with Crippen LogP contribution in [0.2, 0.25) is 0 Å². The van der Waals surface area contributed by atoms with Crippen LogP contribution < -0.4 is 0 Å². The fraction of sp³-hybridized carbons (Fsp3) is 0.333. The zero-order valence-electron chi connectivity index (χ0n) is 11.8. The standard InChI is InChI=1S/C15H17N5O/c1-10-6-12(19-18-10)7-20-4-2-13-14(17-9-16-13)15(20)11-3-5-21-8-11/h3,5-6,8-9,15H,2,4,7H2,1H3,(H,16,17)(H,18,19)/t15-/m1/s1. The minimum absolute atomic E-state index is 0.121. The van der Waals surface area contributed by atoms with Gasteiger partial charge in [-0.1, -0.05) is 0 Å². The predicted molar refractivity (Wildman–Crippen MR) is 76.6 cm³/mol. The highest BCUT2D eigenvalue weighted by molar-refractivity contribution is 5.30. The molecule has 6 nitrogen and oxygen atoms in total. The van der Waals surface area contributed by atoms with Gasteiger partial charge in [-0.2, -0.15) is 5.10 Å². The first kappa shape index (κ1) is 12.4. The van der Waals surface area contributed by atoms with Crippen molar-refractivity contribution in [3.05, 3.63) is 59.3 Å².